The molecule has 3 N–H and O–H groups in total. The summed E-state index contributed by atoms with van der Waals surface area (Å²) in [6, 6.07) is 22.8. The number of ether oxygens (including phenoxy) is 1. The molecule has 4 aromatic rings. The molecule has 190 valence electrons. The third-order valence-corrected chi connectivity index (χ3v) is 6.66. The highest BCUT2D eigenvalue weighted by atomic mass is 79.9. The van der Waals surface area contributed by atoms with Gasteiger partial charge in [-0.1, -0.05) is 89.9 Å². The second kappa shape index (κ2) is 11.9. The first-order valence-corrected chi connectivity index (χ1v) is 12.9. The lowest BCUT2D eigenvalue weighted by Gasteiger charge is -2.28. The summed E-state index contributed by atoms with van der Waals surface area (Å²) in [4.78, 5) is 38.8. The number of halogens is 1. The molecule has 4 rings (SSSR count). The van der Waals surface area contributed by atoms with Crippen LogP contribution in [0.3, 0.4) is 0 Å². The number of primary amides is 1. The van der Waals surface area contributed by atoms with Crippen LogP contribution in [0.15, 0.2) is 89.5 Å². The van der Waals surface area contributed by atoms with E-state index in [-0.39, 0.29) is 0 Å². The van der Waals surface area contributed by atoms with Gasteiger partial charge in [0.1, 0.15) is 0 Å². The van der Waals surface area contributed by atoms with Crippen LogP contribution >= 0.6 is 15.9 Å². The molecule has 3 aromatic carbocycles. The Morgan fingerprint density at radius 1 is 0.973 bits per heavy atom. The molecule has 2 atom stereocenters. The summed E-state index contributed by atoms with van der Waals surface area (Å²) < 4.78 is 8.29. The molecule has 0 saturated heterocycles. The number of rotatable bonds is 10. The average Bonchev–Trinajstić information content (AvgIpc) is 3.27. The van der Waals surface area contributed by atoms with Crippen molar-refractivity contribution in [2.45, 2.75) is 38.5 Å². The molecule has 7 nitrogen and oxygen atoms in total. The van der Waals surface area contributed by atoms with Crippen molar-refractivity contribution >= 4 is 44.6 Å². The number of nitrogens with one attached hydrogen (secondary N) is 1. The predicted molar refractivity (Wildman–Crippen MR) is 146 cm³/mol. The monoisotopic (exact) mass is 561 g/mol. The number of benzene rings is 3. The zero-order valence-corrected chi connectivity index (χ0v) is 22.0. The number of Topliss-reactive ketones (excluding diaryl/α,β-unsaturated/α-hetero) is 1. The number of ketones is 1. The molecular weight excluding hydrogens is 534 g/mol. The molecule has 37 heavy (non-hydrogen) atoms. The Hall–Kier alpha value is -3.91. The van der Waals surface area contributed by atoms with Crippen LogP contribution in [-0.2, 0) is 16.1 Å². The Morgan fingerprint density at radius 2 is 1.62 bits per heavy atom. The molecule has 0 unspecified atom stereocenters. The van der Waals surface area contributed by atoms with Crippen molar-refractivity contribution in [3.63, 3.8) is 0 Å². The summed E-state index contributed by atoms with van der Waals surface area (Å²) in [6.45, 7) is 2.83. The molecule has 2 amide bonds. The minimum Gasteiger partial charge on any atom is -0.439 e. The van der Waals surface area contributed by atoms with Gasteiger partial charge in [0.15, 0.2) is 6.10 Å². The van der Waals surface area contributed by atoms with Gasteiger partial charge in [-0.25, -0.2) is 4.79 Å². The number of nitrogens with two attached hydrogens (primary N) is 1. The van der Waals surface area contributed by atoms with E-state index in [1.807, 2.05) is 47.0 Å². The number of nitrogens with zero attached hydrogens (tertiary/aromatic N) is 1. The molecule has 0 radical (unpaired) electrons. The SMILES string of the molecule is CCCCn1cc(C(=O)C(=O)N[C@H](c2ccccc2)[C@H](OC(N)=O)c2ccccc2)c2cc(Br)ccc21. The summed E-state index contributed by atoms with van der Waals surface area (Å²) >= 11 is 3.47. The van der Waals surface area contributed by atoms with Gasteiger partial charge in [-0.05, 0) is 35.7 Å². The smallest absolute Gasteiger partial charge is 0.405 e. The predicted octanol–water partition coefficient (Wildman–Crippen LogP) is 6.08. The normalized spacial score (nSPS) is 12.6. The zero-order chi connectivity index (χ0) is 26.4. The van der Waals surface area contributed by atoms with Crippen LogP contribution in [0.4, 0.5) is 4.79 Å². The van der Waals surface area contributed by atoms with Gasteiger partial charge in [0.25, 0.3) is 11.7 Å². The Bertz CT molecular complexity index is 1400. The van der Waals surface area contributed by atoms with Crippen molar-refractivity contribution in [3.8, 4) is 0 Å². The van der Waals surface area contributed by atoms with Crippen LogP contribution in [-0.4, -0.2) is 22.4 Å². The molecule has 0 spiro atoms. The number of carbonyl (C=O) groups is 3. The topological polar surface area (TPSA) is 103 Å². The van der Waals surface area contributed by atoms with Crippen molar-refractivity contribution in [2.75, 3.05) is 0 Å². The van der Waals surface area contributed by atoms with E-state index in [1.54, 1.807) is 42.6 Å². The largest absolute Gasteiger partial charge is 0.439 e. The Kier molecular flexibility index (Phi) is 8.40. The van der Waals surface area contributed by atoms with Gasteiger partial charge in [-0.3, -0.25) is 9.59 Å². The summed E-state index contributed by atoms with van der Waals surface area (Å²) in [6.07, 6.45) is 1.75. The summed E-state index contributed by atoms with van der Waals surface area (Å²) in [5, 5.41) is 3.51. The highest BCUT2D eigenvalue weighted by molar-refractivity contribution is 9.10. The second-order valence-electron chi connectivity index (χ2n) is 8.71. The van der Waals surface area contributed by atoms with Crippen LogP contribution in [0.2, 0.25) is 0 Å². The maximum Gasteiger partial charge on any atom is 0.405 e. The first-order valence-electron chi connectivity index (χ1n) is 12.1. The highest BCUT2D eigenvalue weighted by Crippen LogP contribution is 2.33. The zero-order valence-electron chi connectivity index (χ0n) is 20.4. The quantitative estimate of drug-likeness (QED) is 0.181. The summed E-state index contributed by atoms with van der Waals surface area (Å²) in [7, 11) is 0. The number of unbranched alkanes of at least 4 members (excludes halogenated alkanes) is 1. The first kappa shape index (κ1) is 26.2. The molecule has 0 fully saturated rings. The molecule has 0 aliphatic carbocycles. The van der Waals surface area contributed by atoms with E-state index < -0.39 is 29.9 Å². The first-order chi connectivity index (χ1) is 17.9. The van der Waals surface area contributed by atoms with E-state index in [4.69, 9.17) is 10.5 Å². The second-order valence-corrected chi connectivity index (χ2v) is 9.63. The number of aryl methyl sites for hydroxylation is 1. The van der Waals surface area contributed by atoms with E-state index in [1.165, 1.54) is 0 Å². The number of carbonyl (C=O) groups excluding carboxylic acids is 3. The van der Waals surface area contributed by atoms with Gasteiger partial charge in [0, 0.05) is 28.1 Å². The maximum atomic E-state index is 13.5. The maximum absolute atomic E-state index is 13.5. The van der Waals surface area contributed by atoms with Crippen LogP contribution in [0.25, 0.3) is 10.9 Å². The number of amides is 2. The molecular formula is C29H28BrN3O4. The average molecular weight is 562 g/mol. The lowest BCUT2D eigenvalue weighted by molar-refractivity contribution is -0.118. The van der Waals surface area contributed by atoms with Crippen molar-refractivity contribution in [3.05, 3.63) is 106 Å². The van der Waals surface area contributed by atoms with Crippen LogP contribution < -0.4 is 11.1 Å². The van der Waals surface area contributed by atoms with Gasteiger partial charge in [-0.2, -0.15) is 0 Å². The molecule has 1 aromatic heterocycles. The fourth-order valence-electron chi connectivity index (χ4n) is 4.38. The van der Waals surface area contributed by atoms with Gasteiger partial charge in [0.2, 0.25) is 0 Å². The van der Waals surface area contributed by atoms with Crippen molar-refractivity contribution < 1.29 is 19.1 Å². The third kappa shape index (κ3) is 6.09. The fourth-order valence-corrected chi connectivity index (χ4v) is 4.74. The van der Waals surface area contributed by atoms with E-state index in [2.05, 4.69) is 28.2 Å². The van der Waals surface area contributed by atoms with Crippen LogP contribution in [0, 0.1) is 0 Å². The number of aromatic nitrogens is 1. The Morgan fingerprint density at radius 3 is 2.24 bits per heavy atom. The number of fused-ring (bicyclic) bond motifs is 1. The Labute approximate surface area is 223 Å². The number of hydrogen-bond donors (Lipinski definition) is 2. The van der Waals surface area contributed by atoms with E-state index in [9.17, 15) is 14.4 Å². The standard InChI is InChI=1S/C29H28BrN3O4/c1-2-3-16-33-18-23(22-17-21(30)14-15-24(22)33)26(34)28(35)32-25(19-10-6-4-7-11-19)27(37-29(31)36)20-12-8-5-9-13-20/h4-15,17-18,25,27H,2-3,16H2,1H3,(H2,31,36)(H,32,35)/t25-,27-/m1/s1. The lowest BCUT2D eigenvalue weighted by Crippen LogP contribution is -2.39. The fraction of sp³-hybridized carbons (Fsp3) is 0.207. The van der Waals surface area contributed by atoms with Gasteiger partial charge >= 0.3 is 6.09 Å². The summed E-state index contributed by atoms with van der Waals surface area (Å²) in [5.74, 6) is -1.48. The third-order valence-electron chi connectivity index (χ3n) is 6.17. The van der Waals surface area contributed by atoms with E-state index in [0.717, 1.165) is 29.4 Å². The van der Waals surface area contributed by atoms with Gasteiger partial charge in [0.05, 0.1) is 11.6 Å². The molecule has 1 heterocycles. The molecule has 0 bridgehead atoms. The molecule has 0 aliphatic heterocycles. The van der Waals surface area contributed by atoms with Crippen LogP contribution in [0.1, 0.15) is 53.4 Å². The van der Waals surface area contributed by atoms with Crippen molar-refractivity contribution in [1.29, 1.82) is 0 Å². The summed E-state index contributed by atoms with van der Waals surface area (Å²) in [5.41, 5.74) is 7.88. The van der Waals surface area contributed by atoms with Crippen molar-refractivity contribution in [2.24, 2.45) is 5.73 Å². The molecule has 0 aliphatic rings. The van der Waals surface area contributed by atoms with E-state index in [0.29, 0.717) is 22.1 Å². The molecule has 0 saturated carbocycles. The highest BCUT2D eigenvalue weighted by Gasteiger charge is 2.32. The van der Waals surface area contributed by atoms with Gasteiger partial charge in [-0.15, -0.1) is 0 Å². The number of hydrogen-bond acceptors (Lipinski definition) is 4. The van der Waals surface area contributed by atoms with Crippen molar-refractivity contribution in [1.82, 2.24) is 9.88 Å². The minimum absolute atomic E-state index is 0.309. The van der Waals surface area contributed by atoms with E-state index >= 15 is 0 Å². The van der Waals surface area contributed by atoms with Gasteiger partial charge < -0.3 is 20.4 Å². The minimum atomic E-state index is -0.987. The lowest BCUT2D eigenvalue weighted by atomic mass is 9.95. The Balaban J connectivity index is 1.72. The van der Waals surface area contributed by atoms with Crippen LogP contribution in [0.5, 0.6) is 0 Å². The molecule has 8 heteroatoms.